The van der Waals surface area contributed by atoms with Crippen molar-refractivity contribution in [3.05, 3.63) is 35.4 Å². The number of hydrazone groups is 1. The standard InChI is InChI=1S/C12H14N4O3/c1-17-15-11(12-16-19-7-6-18-12)10-5-3-2-4-9(10)8-14-13/h2-5,8H,6-7,13H2,1H3/b14-8+,15-11+. The minimum Gasteiger partial charge on any atom is -0.470 e. The van der Waals surface area contributed by atoms with Gasteiger partial charge in [-0.1, -0.05) is 29.4 Å². The fourth-order valence-electron chi connectivity index (χ4n) is 1.62. The number of hydrogen-bond acceptors (Lipinski definition) is 7. The number of nitrogens with two attached hydrogens (primary N) is 1. The third-order valence-electron chi connectivity index (χ3n) is 2.38. The maximum absolute atomic E-state index is 5.42. The van der Waals surface area contributed by atoms with E-state index in [1.807, 2.05) is 24.3 Å². The van der Waals surface area contributed by atoms with Gasteiger partial charge in [-0.2, -0.15) is 5.10 Å². The van der Waals surface area contributed by atoms with Crippen molar-refractivity contribution in [1.82, 2.24) is 0 Å². The smallest absolute Gasteiger partial charge is 0.280 e. The molecule has 0 aliphatic carbocycles. The molecule has 1 heterocycles. The lowest BCUT2D eigenvalue weighted by Gasteiger charge is -2.15. The summed E-state index contributed by atoms with van der Waals surface area (Å²) in [7, 11) is 1.45. The first-order valence-corrected chi connectivity index (χ1v) is 5.63. The van der Waals surface area contributed by atoms with E-state index in [0.717, 1.165) is 11.1 Å². The van der Waals surface area contributed by atoms with Crippen LogP contribution in [0, 0.1) is 0 Å². The van der Waals surface area contributed by atoms with Crippen LogP contribution in [-0.2, 0) is 14.4 Å². The van der Waals surface area contributed by atoms with Crippen LogP contribution in [-0.4, -0.2) is 38.1 Å². The highest BCUT2D eigenvalue weighted by atomic mass is 16.7. The van der Waals surface area contributed by atoms with Crippen molar-refractivity contribution in [3.63, 3.8) is 0 Å². The van der Waals surface area contributed by atoms with Crippen molar-refractivity contribution < 1.29 is 14.4 Å². The van der Waals surface area contributed by atoms with Gasteiger partial charge in [-0.25, -0.2) is 0 Å². The van der Waals surface area contributed by atoms with Gasteiger partial charge in [-0.05, 0) is 5.16 Å². The fraction of sp³-hybridized carbons (Fsp3) is 0.250. The summed E-state index contributed by atoms with van der Waals surface area (Å²) < 4.78 is 5.42. The van der Waals surface area contributed by atoms with Crippen LogP contribution >= 0.6 is 0 Å². The van der Waals surface area contributed by atoms with Gasteiger partial charge >= 0.3 is 0 Å². The van der Waals surface area contributed by atoms with E-state index in [9.17, 15) is 0 Å². The summed E-state index contributed by atoms with van der Waals surface area (Å²) >= 11 is 0. The van der Waals surface area contributed by atoms with Gasteiger partial charge in [0.15, 0.2) is 12.3 Å². The summed E-state index contributed by atoms with van der Waals surface area (Å²) in [5.74, 6) is 5.46. The van der Waals surface area contributed by atoms with Gasteiger partial charge in [0, 0.05) is 11.1 Å². The van der Waals surface area contributed by atoms with E-state index in [-0.39, 0.29) is 5.90 Å². The molecule has 1 aliphatic rings. The average Bonchev–Trinajstić information content (AvgIpc) is 2.47. The highest BCUT2D eigenvalue weighted by molar-refractivity contribution is 6.46. The monoisotopic (exact) mass is 262 g/mol. The molecule has 0 saturated heterocycles. The lowest BCUT2D eigenvalue weighted by Crippen LogP contribution is -2.26. The van der Waals surface area contributed by atoms with Gasteiger partial charge in [0.1, 0.15) is 13.7 Å². The summed E-state index contributed by atoms with van der Waals surface area (Å²) in [5.41, 5.74) is 1.94. The summed E-state index contributed by atoms with van der Waals surface area (Å²) in [4.78, 5) is 9.84. The first kappa shape index (κ1) is 12.9. The lowest BCUT2D eigenvalue weighted by atomic mass is 10.0. The molecule has 2 N–H and O–H groups in total. The fourth-order valence-corrected chi connectivity index (χ4v) is 1.62. The van der Waals surface area contributed by atoms with Crippen LogP contribution in [0.3, 0.4) is 0 Å². The minimum absolute atomic E-state index is 0.269. The predicted molar refractivity (Wildman–Crippen MR) is 71.1 cm³/mol. The molecule has 0 bridgehead atoms. The first-order valence-electron chi connectivity index (χ1n) is 5.63. The van der Waals surface area contributed by atoms with Crippen molar-refractivity contribution in [1.29, 1.82) is 0 Å². The van der Waals surface area contributed by atoms with Gasteiger partial charge in [0.2, 0.25) is 0 Å². The lowest BCUT2D eigenvalue weighted by molar-refractivity contribution is 0.0672. The Labute approximate surface area is 110 Å². The molecule has 0 atom stereocenters. The predicted octanol–water partition coefficient (Wildman–Crippen LogP) is 0.690. The molecule has 0 fully saturated rings. The van der Waals surface area contributed by atoms with Crippen LogP contribution in [0.25, 0.3) is 0 Å². The summed E-state index contributed by atoms with van der Waals surface area (Å²) in [6.07, 6.45) is 1.52. The van der Waals surface area contributed by atoms with E-state index in [1.54, 1.807) is 0 Å². The van der Waals surface area contributed by atoms with Gasteiger partial charge in [-0.15, -0.1) is 0 Å². The Kier molecular flexibility index (Phi) is 4.33. The zero-order chi connectivity index (χ0) is 13.5. The molecule has 0 spiro atoms. The number of nitrogens with zero attached hydrogens (tertiary/aromatic N) is 3. The quantitative estimate of drug-likeness (QED) is 0.491. The SMILES string of the molecule is CO/N=C(/C1=NOCCO1)c1ccccc1/C=N/N. The molecule has 0 aromatic heterocycles. The van der Waals surface area contributed by atoms with Crippen LogP contribution in [0.2, 0.25) is 0 Å². The largest absolute Gasteiger partial charge is 0.470 e. The number of rotatable bonds is 4. The van der Waals surface area contributed by atoms with Crippen molar-refractivity contribution >= 4 is 17.8 Å². The number of benzene rings is 1. The highest BCUT2D eigenvalue weighted by Crippen LogP contribution is 2.12. The van der Waals surface area contributed by atoms with Crippen molar-refractivity contribution in [2.24, 2.45) is 21.3 Å². The summed E-state index contributed by atoms with van der Waals surface area (Å²) in [5, 5.41) is 11.3. The molecule has 1 aliphatic heterocycles. The first-order chi connectivity index (χ1) is 9.36. The number of oxime groups is 2. The molecule has 0 amide bonds. The van der Waals surface area contributed by atoms with E-state index < -0.39 is 0 Å². The van der Waals surface area contributed by atoms with E-state index in [2.05, 4.69) is 15.4 Å². The van der Waals surface area contributed by atoms with Crippen LogP contribution < -0.4 is 5.84 Å². The zero-order valence-electron chi connectivity index (χ0n) is 10.4. The van der Waals surface area contributed by atoms with Gasteiger partial charge in [0.25, 0.3) is 5.90 Å². The second-order valence-electron chi connectivity index (χ2n) is 3.57. The average molecular weight is 262 g/mol. The second kappa shape index (κ2) is 6.39. The molecule has 7 heteroatoms. The highest BCUT2D eigenvalue weighted by Gasteiger charge is 2.20. The molecule has 1 aromatic carbocycles. The Morgan fingerprint density at radius 2 is 2.26 bits per heavy atom. The van der Waals surface area contributed by atoms with E-state index in [0.29, 0.717) is 18.9 Å². The molecular formula is C12H14N4O3. The second-order valence-corrected chi connectivity index (χ2v) is 3.57. The Morgan fingerprint density at radius 1 is 1.42 bits per heavy atom. The van der Waals surface area contributed by atoms with E-state index in [4.69, 9.17) is 20.3 Å². The molecular weight excluding hydrogens is 248 g/mol. The molecule has 100 valence electrons. The Bertz CT molecular complexity index is 525. The summed E-state index contributed by atoms with van der Waals surface area (Å²) in [6, 6.07) is 7.42. The van der Waals surface area contributed by atoms with Gasteiger partial charge < -0.3 is 20.3 Å². The van der Waals surface area contributed by atoms with Crippen LogP contribution in [0.1, 0.15) is 11.1 Å². The maximum Gasteiger partial charge on any atom is 0.280 e. The molecule has 1 aromatic rings. The number of ether oxygens (including phenoxy) is 1. The molecule has 2 rings (SSSR count). The number of hydrogen-bond donors (Lipinski definition) is 1. The van der Waals surface area contributed by atoms with Crippen LogP contribution in [0.15, 0.2) is 39.7 Å². The molecule has 7 nitrogen and oxygen atoms in total. The molecule has 19 heavy (non-hydrogen) atoms. The molecule has 0 saturated carbocycles. The van der Waals surface area contributed by atoms with Gasteiger partial charge in [-0.3, -0.25) is 0 Å². The Hall–Kier alpha value is -2.57. The normalized spacial score (nSPS) is 15.6. The van der Waals surface area contributed by atoms with Gasteiger partial charge in [0.05, 0.1) is 6.21 Å². The zero-order valence-corrected chi connectivity index (χ0v) is 10.4. The third kappa shape index (κ3) is 3.01. The minimum atomic E-state index is 0.269. The van der Waals surface area contributed by atoms with Crippen LogP contribution in [0.5, 0.6) is 0 Å². The molecule has 0 radical (unpaired) electrons. The topological polar surface area (TPSA) is 90.8 Å². The van der Waals surface area contributed by atoms with Crippen molar-refractivity contribution in [2.45, 2.75) is 0 Å². The van der Waals surface area contributed by atoms with Crippen molar-refractivity contribution in [3.8, 4) is 0 Å². The summed E-state index contributed by atoms with van der Waals surface area (Å²) in [6.45, 7) is 0.824. The Balaban J connectivity index is 2.45. The van der Waals surface area contributed by atoms with Crippen molar-refractivity contribution in [2.75, 3.05) is 20.3 Å². The maximum atomic E-state index is 5.42. The third-order valence-corrected chi connectivity index (χ3v) is 2.38. The molecule has 0 unspecified atom stereocenters. The Morgan fingerprint density at radius 3 is 2.95 bits per heavy atom. The van der Waals surface area contributed by atoms with E-state index >= 15 is 0 Å². The van der Waals surface area contributed by atoms with Crippen LogP contribution in [0.4, 0.5) is 0 Å². The van der Waals surface area contributed by atoms with E-state index in [1.165, 1.54) is 13.3 Å².